The smallest absolute Gasteiger partial charge is 0.242 e. The Morgan fingerprint density at radius 3 is 2.71 bits per heavy atom. The minimum Gasteiger partial charge on any atom is -0.393 e. The second-order valence-electron chi connectivity index (χ2n) is 11.3. The third kappa shape index (κ3) is 6.19. The van der Waals surface area contributed by atoms with Gasteiger partial charge in [-0.05, 0) is 101 Å². The van der Waals surface area contributed by atoms with Crippen LogP contribution < -0.4 is 0 Å². The van der Waals surface area contributed by atoms with Crippen LogP contribution in [0.1, 0.15) is 85.5 Å². The number of aliphatic hydroxyl groups is 1. The zero-order valence-corrected chi connectivity index (χ0v) is 20.3. The fourth-order valence-electron chi connectivity index (χ4n) is 6.54. The second-order valence-corrected chi connectivity index (χ2v) is 11.3. The van der Waals surface area contributed by atoms with Gasteiger partial charge >= 0.3 is 0 Å². The summed E-state index contributed by atoms with van der Waals surface area (Å²) >= 11 is 0. The van der Waals surface area contributed by atoms with Gasteiger partial charge in [-0.15, -0.1) is 0 Å². The second kappa shape index (κ2) is 10.9. The van der Waals surface area contributed by atoms with E-state index in [0.29, 0.717) is 36.1 Å². The molecule has 0 bridgehead atoms. The van der Waals surface area contributed by atoms with E-state index in [4.69, 9.17) is 0 Å². The molecule has 0 radical (unpaired) electrons. The van der Waals surface area contributed by atoms with Crippen LogP contribution >= 0.6 is 0 Å². The van der Waals surface area contributed by atoms with Crippen LogP contribution in [0.3, 0.4) is 0 Å². The summed E-state index contributed by atoms with van der Waals surface area (Å²) in [7, 11) is 0. The van der Waals surface area contributed by atoms with Gasteiger partial charge in [0.2, 0.25) is 6.43 Å². The number of hydrogen-bond acceptors (Lipinski definition) is 2. The average molecular weight is 438 g/mol. The van der Waals surface area contributed by atoms with Gasteiger partial charge in [0, 0.05) is 12.5 Å². The molecule has 2 nitrogen and oxygen atoms in total. The average Bonchev–Trinajstić information content (AvgIpc) is 3.07. The van der Waals surface area contributed by atoms with Gasteiger partial charge in [-0.2, -0.15) is 0 Å². The number of hydrogen-bond donors (Lipinski definition) is 1. The molecule has 178 valence electrons. The van der Waals surface area contributed by atoms with Crippen molar-refractivity contribution in [1.29, 1.82) is 0 Å². The first-order valence-electron chi connectivity index (χ1n) is 12.8. The van der Waals surface area contributed by atoms with Crippen molar-refractivity contribution in [2.45, 2.75) is 98.0 Å². The van der Waals surface area contributed by atoms with Crippen molar-refractivity contribution in [1.82, 2.24) is 4.90 Å². The summed E-state index contributed by atoms with van der Waals surface area (Å²) in [6.45, 7) is 11.3. The number of nitrogens with zero attached hydrogens (tertiary/aromatic N) is 1. The fraction of sp³-hybridized carbons (Fsp3) is 0.852. The maximum Gasteiger partial charge on any atom is 0.242 e. The quantitative estimate of drug-likeness (QED) is 0.449. The summed E-state index contributed by atoms with van der Waals surface area (Å²) in [4.78, 5) is 2.31. The SMILES string of the molecule is C/C(=C/C=C1\CCC[C@@]2(C)C1CC[C@@H]2CCN1CCCC(C(F)F)C1)CC(O)C(C)C. The normalized spacial score (nSPS) is 35.2. The molecule has 0 aromatic carbocycles. The maximum absolute atomic E-state index is 13.1. The van der Waals surface area contributed by atoms with E-state index in [-0.39, 0.29) is 6.10 Å². The first kappa shape index (κ1) is 24.9. The van der Waals surface area contributed by atoms with Crippen LogP contribution in [0.5, 0.6) is 0 Å². The molecule has 2 aliphatic carbocycles. The van der Waals surface area contributed by atoms with Crippen molar-refractivity contribution in [3.05, 3.63) is 23.3 Å². The van der Waals surface area contributed by atoms with Gasteiger partial charge in [-0.1, -0.05) is 44.1 Å². The van der Waals surface area contributed by atoms with E-state index in [2.05, 4.69) is 44.7 Å². The molecule has 31 heavy (non-hydrogen) atoms. The highest BCUT2D eigenvalue weighted by atomic mass is 19.3. The molecule has 2 saturated carbocycles. The maximum atomic E-state index is 13.1. The van der Waals surface area contributed by atoms with E-state index < -0.39 is 12.3 Å². The summed E-state index contributed by atoms with van der Waals surface area (Å²) in [6, 6.07) is 0. The number of aliphatic hydroxyl groups excluding tert-OH is 1. The van der Waals surface area contributed by atoms with Gasteiger partial charge in [0.15, 0.2) is 0 Å². The molecular weight excluding hydrogens is 392 g/mol. The van der Waals surface area contributed by atoms with Gasteiger partial charge in [-0.3, -0.25) is 0 Å². The minimum absolute atomic E-state index is 0.262. The zero-order chi connectivity index (χ0) is 22.6. The summed E-state index contributed by atoms with van der Waals surface area (Å²) in [5, 5.41) is 10.2. The lowest BCUT2D eigenvalue weighted by Crippen LogP contribution is -2.40. The number of piperidine rings is 1. The molecule has 3 aliphatic rings. The Balaban J connectivity index is 1.59. The highest BCUT2D eigenvalue weighted by molar-refractivity contribution is 5.24. The van der Waals surface area contributed by atoms with Crippen molar-refractivity contribution in [2.75, 3.05) is 19.6 Å². The number of allylic oxidation sites excluding steroid dienone is 3. The van der Waals surface area contributed by atoms with Crippen LogP contribution in [0.15, 0.2) is 23.3 Å². The van der Waals surface area contributed by atoms with Gasteiger partial charge in [0.05, 0.1) is 6.10 Å². The first-order valence-corrected chi connectivity index (χ1v) is 12.8. The molecule has 3 unspecified atom stereocenters. The molecular formula is C27H45F2NO. The Bertz CT molecular complexity index is 643. The molecule has 3 fully saturated rings. The Morgan fingerprint density at radius 1 is 1.23 bits per heavy atom. The van der Waals surface area contributed by atoms with Crippen LogP contribution in [0, 0.1) is 29.1 Å². The lowest BCUT2D eigenvalue weighted by Gasteiger charge is -2.43. The molecule has 3 rings (SSSR count). The van der Waals surface area contributed by atoms with E-state index in [9.17, 15) is 13.9 Å². The lowest BCUT2D eigenvalue weighted by atomic mass is 9.63. The Labute approximate surface area is 189 Å². The van der Waals surface area contributed by atoms with Crippen molar-refractivity contribution in [3.8, 4) is 0 Å². The molecule has 4 heteroatoms. The van der Waals surface area contributed by atoms with Crippen molar-refractivity contribution in [3.63, 3.8) is 0 Å². The molecule has 0 aromatic rings. The van der Waals surface area contributed by atoms with Gasteiger partial charge in [-0.25, -0.2) is 8.78 Å². The molecule has 1 saturated heterocycles. The van der Waals surface area contributed by atoms with Gasteiger partial charge in [0.1, 0.15) is 0 Å². The molecule has 0 spiro atoms. The van der Waals surface area contributed by atoms with Crippen molar-refractivity contribution >= 4 is 0 Å². The molecule has 1 aliphatic heterocycles. The standard InChI is InChI=1S/C27H45F2NO/c1-19(2)25(31)17-20(3)9-10-21-7-5-14-27(4)23(11-12-24(21)27)13-16-30-15-6-8-22(18-30)26(28)29/h9-10,19,22-26,31H,5-8,11-18H2,1-4H3/b20-9-,21-10+/t22?,23-,24?,25?,27-/m1/s1. The van der Waals surface area contributed by atoms with Crippen LogP contribution in [0.2, 0.25) is 0 Å². The number of rotatable bonds is 8. The van der Waals surface area contributed by atoms with Crippen LogP contribution in [-0.4, -0.2) is 42.2 Å². The minimum atomic E-state index is -2.17. The Morgan fingerprint density at radius 2 is 2.00 bits per heavy atom. The van der Waals surface area contributed by atoms with E-state index in [1.807, 2.05) is 0 Å². The van der Waals surface area contributed by atoms with Gasteiger partial charge < -0.3 is 10.0 Å². The first-order chi connectivity index (χ1) is 14.7. The van der Waals surface area contributed by atoms with Crippen LogP contribution in [0.25, 0.3) is 0 Å². The summed E-state index contributed by atoms with van der Waals surface area (Å²) < 4.78 is 26.3. The molecule has 1 heterocycles. The van der Waals surface area contributed by atoms with Gasteiger partial charge in [0.25, 0.3) is 0 Å². The summed E-state index contributed by atoms with van der Waals surface area (Å²) in [6.07, 6.45) is 12.0. The summed E-state index contributed by atoms with van der Waals surface area (Å²) in [5.41, 5.74) is 3.22. The predicted molar refractivity (Wildman–Crippen MR) is 125 cm³/mol. The number of halogens is 2. The predicted octanol–water partition coefficient (Wildman–Crippen LogP) is 6.85. The van der Waals surface area contributed by atoms with Crippen molar-refractivity contribution < 1.29 is 13.9 Å². The van der Waals surface area contributed by atoms with E-state index in [1.165, 1.54) is 37.7 Å². The van der Waals surface area contributed by atoms with E-state index in [1.54, 1.807) is 5.57 Å². The molecule has 0 amide bonds. The largest absolute Gasteiger partial charge is 0.393 e. The number of fused-ring (bicyclic) bond motifs is 1. The zero-order valence-electron chi connectivity index (χ0n) is 20.3. The highest BCUT2D eigenvalue weighted by Gasteiger charge is 2.48. The highest BCUT2D eigenvalue weighted by Crippen LogP contribution is 2.58. The summed E-state index contributed by atoms with van der Waals surface area (Å²) in [5.74, 6) is 1.25. The van der Waals surface area contributed by atoms with Crippen molar-refractivity contribution in [2.24, 2.45) is 29.1 Å². The van der Waals surface area contributed by atoms with Crippen LogP contribution in [0.4, 0.5) is 8.78 Å². The third-order valence-electron chi connectivity index (χ3n) is 8.74. The fourth-order valence-corrected chi connectivity index (χ4v) is 6.54. The lowest BCUT2D eigenvalue weighted by molar-refractivity contribution is 0.0231. The van der Waals surface area contributed by atoms with E-state index in [0.717, 1.165) is 32.4 Å². The Kier molecular flexibility index (Phi) is 8.77. The molecule has 5 atom stereocenters. The molecule has 0 aromatic heterocycles. The monoisotopic (exact) mass is 437 g/mol. The van der Waals surface area contributed by atoms with E-state index >= 15 is 0 Å². The number of likely N-dealkylation sites (tertiary alicyclic amines) is 1. The number of alkyl halides is 2. The topological polar surface area (TPSA) is 23.5 Å². The third-order valence-corrected chi connectivity index (χ3v) is 8.74. The molecule has 1 N–H and O–H groups in total. The Hall–Kier alpha value is -0.740. The van der Waals surface area contributed by atoms with Crippen LogP contribution in [-0.2, 0) is 0 Å².